The van der Waals surface area contributed by atoms with Crippen molar-refractivity contribution in [2.45, 2.75) is 18.9 Å². The van der Waals surface area contributed by atoms with Crippen LogP contribution in [0.1, 0.15) is 12.0 Å². The van der Waals surface area contributed by atoms with Crippen molar-refractivity contribution >= 4 is 28.9 Å². The molecule has 4 rings (SSSR count). The number of rotatable bonds is 6. The van der Waals surface area contributed by atoms with Crippen molar-refractivity contribution in [1.82, 2.24) is 4.90 Å². The second-order valence-corrected chi connectivity index (χ2v) is 8.04. The van der Waals surface area contributed by atoms with Crippen LogP contribution in [0.5, 0.6) is 5.75 Å². The smallest absolute Gasteiger partial charge is 0.224 e. The third kappa shape index (κ3) is 5.21. The molecule has 2 aliphatic heterocycles. The number of anilines is 2. The Bertz CT molecular complexity index is 868. The maximum Gasteiger partial charge on any atom is 0.224 e. The van der Waals surface area contributed by atoms with Gasteiger partial charge in [0.1, 0.15) is 18.5 Å². The Hall–Kier alpha value is -2.28. The van der Waals surface area contributed by atoms with Crippen LogP contribution in [0.3, 0.4) is 0 Å². The zero-order valence-corrected chi connectivity index (χ0v) is 17.1. The number of fused-ring (bicyclic) bond motifs is 1. The minimum atomic E-state index is -0.552. The van der Waals surface area contributed by atoms with Crippen molar-refractivity contribution in [2.75, 3.05) is 49.5 Å². The molecule has 154 valence electrons. The average Bonchev–Trinajstić information content (AvgIpc) is 2.73. The lowest BCUT2D eigenvalue weighted by Crippen LogP contribution is -2.49. The van der Waals surface area contributed by atoms with E-state index in [0.29, 0.717) is 13.0 Å². The predicted molar refractivity (Wildman–Crippen MR) is 115 cm³/mol. The summed E-state index contributed by atoms with van der Waals surface area (Å²) < 4.78 is 5.79. The van der Waals surface area contributed by atoms with E-state index in [9.17, 15) is 9.90 Å². The summed E-state index contributed by atoms with van der Waals surface area (Å²) in [5.41, 5.74) is 3.07. The van der Waals surface area contributed by atoms with E-state index in [4.69, 9.17) is 16.3 Å². The molecule has 1 atom stereocenters. The number of ether oxygens (including phenoxy) is 1. The van der Waals surface area contributed by atoms with E-state index in [-0.39, 0.29) is 12.5 Å². The summed E-state index contributed by atoms with van der Waals surface area (Å²) in [4.78, 5) is 16.0. The summed E-state index contributed by atoms with van der Waals surface area (Å²) in [7, 11) is 0. The maximum atomic E-state index is 11.4. The number of carbonyl (C=O) groups is 1. The monoisotopic (exact) mass is 415 g/mol. The lowest BCUT2D eigenvalue weighted by atomic mass is 10.0. The second-order valence-electron chi connectivity index (χ2n) is 7.60. The van der Waals surface area contributed by atoms with Crippen LogP contribution < -0.4 is 15.0 Å². The number of aliphatic hydroxyl groups is 1. The van der Waals surface area contributed by atoms with E-state index in [2.05, 4.69) is 21.2 Å². The van der Waals surface area contributed by atoms with Gasteiger partial charge in [-0.15, -0.1) is 0 Å². The van der Waals surface area contributed by atoms with Gasteiger partial charge in [0.2, 0.25) is 5.91 Å². The molecule has 6 nitrogen and oxygen atoms in total. The quantitative estimate of drug-likeness (QED) is 0.759. The highest BCUT2D eigenvalue weighted by Gasteiger charge is 2.20. The largest absolute Gasteiger partial charge is 0.491 e. The van der Waals surface area contributed by atoms with Crippen LogP contribution in [0.25, 0.3) is 0 Å². The van der Waals surface area contributed by atoms with Crippen molar-refractivity contribution in [3.05, 3.63) is 53.1 Å². The van der Waals surface area contributed by atoms with Gasteiger partial charge in [-0.3, -0.25) is 9.69 Å². The van der Waals surface area contributed by atoms with Crippen LogP contribution in [0, 0.1) is 0 Å². The molecule has 1 fully saturated rings. The number of benzene rings is 2. The summed E-state index contributed by atoms with van der Waals surface area (Å²) >= 11 is 6.09. The second kappa shape index (κ2) is 9.03. The Morgan fingerprint density at radius 3 is 2.72 bits per heavy atom. The molecule has 2 heterocycles. The lowest BCUT2D eigenvalue weighted by molar-refractivity contribution is -0.116. The van der Waals surface area contributed by atoms with Gasteiger partial charge >= 0.3 is 0 Å². The topological polar surface area (TPSA) is 65.0 Å². The molecule has 2 aliphatic rings. The Labute approximate surface area is 176 Å². The lowest BCUT2D eigenvalue weighted by Gasteiger charge is -2.36. The molecule has 1 saturated heterocycles. The molecule has 0 aromatic heterocycles. The SMILES string of the molecule is O=C1CCc2cc(OCC(O)CN3CCN(c4cccc(Cl)c4)CC3)ccc2N1. The number of amides is 1. The van der Waals surface area contributed by atoms with Gasteiger partial charge in [0.05, 0.1) is 0 Å². The van der Waals surface area contributed by atoms with Gasteiger partial charge in [-0.05, 0) is 48.4 Å². The summed E-state index contributed by atoms with van der Waals surface area (Å²) in [6.07, 6.45) is 0.668. The van der Waals surface area contributed by atoms with E-state index >= 15 is 0 Å². The molecule has 2 N–H and O–H groups in total. The number of carbonyl (C=O) groups excluding carboxylic acids is 1. The van der Waals surface area contributed by atoms with Crippen LogP contribution in [0.15, 0.2) is 42.5 Å². The van der Waals surface area contributed by atoms with E-state index in [1.54, 1.807) is 0 Å². The minimum absolute atomic E-state index is 0.0528. The van der Waals surface area contributed by atoms with Gasteiger partial charge in [0.25, 0.3) is 0 Å². The molecule has 0 radical (unpaired) electrons. The molecular formula is C22H26ClN3O3. The van der Waals surface area contributed by atoms with Crippen molar-refractivity contribution in [3.8, 4) is 5.75 Å². The summed E-state index contributed by atoms with van der Waals surface area (Å²) in [6, 6.07) is 13.6. The molecule has 2 aromatic rings. The van der Waals surface area contributed by atoms with Gasteiger partial charge in [0.15, 0.2) is 0 Å². The highest BCUT2D eigenvalue weighted by atomic mass is 35.5. The summed E-state index contributed by atoms with van der Waals surface area (Å²) in [5.74, 6) is 0.779. The molecule has 1 unspecified atom stereocenters. The standard InChI is InChI=1S/C22H26ClN3O3/c23-17-2-1-3-18(13-17)26-10-8-25(9-11-26)14-19(27)15-29-20-5-6-21-16(12-20)4-7-22(28)24-21/h1-3,5-6,12-13,19,27H,4,7-11,14-15H2,(H,24,28). The Morgan fingerprint density at radius 1 is 1.10 bits per heavy atom. The molecule has 0 spiro atoms. The van der Waals surface area contributed by atoms with Gasteiger partial charge in [0, 0.05) is 55.5 Å². The number of aryl methyl sites for hydroxylation is 1. The van der Waals surface area contributed by atoms with E-state index in [0.717, 1.165) is 60.3 Å². The average molecular weight is 416 g/mol. The van der Waals surface area contributed by atoms with Gasteiger partial charge in [-0.25, -0.2) is 0 Å². The predicted octanol–water partition coefficient (Wildman–Crippen LogP) is 2.79. The van der Waals surface area contributed by atoms with Crippen molar-refractivity contribution in [1.29, 1.82) is 0 Å². The molecule has 0 aliphatic carbocycles. The van der Waals surface area contributed by atoms with Crippen LogP contribution in [0.2, 0.25) is 5.02 Å². The molecule has 0 saturated carbocycles. The van der Waals surface area contributed by atoms with Gasteiger partial charge in [-0.1, -0.05) is 17.7 Å². The fourth-order valence-electron chi connectivity index (χ4n) is 3.85. The zero-order chi connectivity index (χ0) is 20.2. The minimum Gasteiger partial charge on any atom is -0.491 e. The van der Waals surface area contributed by atoms with Crippen LogP contribution in [-0.4, -0.2) is 61.3 Å². The number of aliphatic hydroxyl groups excluding tert-OH is 1. The number of halogens is 1. The highest BCUT2D eigenvalue weighted by molar-refractivity contribution is 6.30. The highest BCUT2D eigenvalue weighted by Crippen LogP contribution is 2.27. The number of piperazine rings is 1. The van der Waals surface area contributed by atoms with Crippen molar-refractivity contribution < 1.29 is 14.6 Å². The molecule has 1 amide bonds. The number of nitrogens with zero attached hydrogens (tertiary/aromatic N) is 2. The van der Waals surface area contributed by atoms with Gasteiger partial charge < -0.3 is 20.1 Å². The van der Waals surface area contributed by atoms with Crippen LogP contribution in [0.4, 0.5) is 11.4 Å². The van der Waals surface area contributed by atoms with E-state index < -0.39 is 6.10 Å². The van der Waals surface area contributed by atoms with Gasteiger partial charge in [-0.2, -0.15) is 0 Å². The summed E-state index contributed by atoms with van der Waals surface area (Å²) in [6.45, 7) is 4.43. The normalized spacial score (nSPS) is 18.1. The Balaban J connectivity index is 1.22. The molecule has 29 heavy (non-hydrogen) atoms. The first-order valence-corrected chi connectivity index (χ1v) is 10.4. The van der Waals surface area contributed by atoms with Crippen LogP contribution in [-0.2, 0) is 11.2 Å². The first kappa shape index (κ1) is 20.0. The number of nitrogens with one attached hydrogen (secondary N) is 1. The molecule has 2 aromatic carbocycles. The number of hydrogen-bond acceptors (Lipinski definition) is 5. The molecular weight excluding hydrogens is 390 g/mol. The van der Waals surface area contributed by atoms with E-state index in [1.165, 1.54) is 0 Å². The third-order valence-electron chi connectivity index (χ3n) is 5.43. The Morgan fingerprint density at radius 2 is 1.93 bits per heavy atom. The first-order chi connectivity index (χ1) is 14.1. The van der Waals surface area contributed by atoms with E-state index in [1.807, 2.05) is 36.4 Å². The van der Waals surface area contributed by atoms with Crippen molar-refractivity contribution in [2.24, 2.45) is 0 Å². The van der Waals surface area contributed by atoms with Crippen LogP contribution >= 0.6 is 11.6 Å². The molecule has 7 heteroatoms. The zero-order valence-electron chi connectivity index (χ0n) is 16.3. The third-order valence-corrected chi connectivity index (χ3v) is 5.66. The fraction of sp³-hybridized carbons (Fsp3) is 0.409. The first-order valence-electron chi connectivity index (χ1n) is 10.0. The number of β-amino-alcohol motifs (C(OH)–C–C–N with tert-alkyl or cyclic N) is 1. The Kier molecular flexibility index (Phi) is 6.23. The fourth-order valence-corrected chi connectivity index (χ4v) is 4.04. The number of hydrogen-bond donors (Lipinski definition) is 2. The maximum absolute atomic E-state index is 11.4. The van der Waals surface area contributed by atoms with Crippen molar-refractivity contribution in [3.63, 3.8) is 0 Å². The molecule has 0 bridgehead atoms. The summed E-state index contributed by atoms with van der Waals surface area (Å²) in [5, 5.41) is 14.0.